The Morgan fingerprint density at radius 2 is 2.10 bits per heavy atom. The molecule has 1 saturated heterocycles. The second kappa shape index (κ2) is 7.32. The predicted molar refractivity (Wildman–Crippen MR) is 86.3 cm³/mol. The van der Waals surface area contributed by atoms with E-state index in [1.54, 1.807) is 0 Å². The second-order valence-corrected chi connectivity index (χ2v) is 6.98. The van der Waals surface area contributed by atoms with Crippen molar-refractivity contribution in [3.63, 3.8) is 0 Å². The van der Waals surface area contributed by atoms with Crippen LogP contribution in [0.4, 0.5) is 0 Å². The molecule has 21 heavy (non-hydrogen) atoms. The summed E-state index contributed by atoms with van der Waals surface area (Å²) in [4.78, 5) is 14.3. The Morgan fingerprint density at radius 3 is 2.86 bits per heavy atom. The van der Waals surface area contributed by atoms with E-state index in [1.165, 1.54) is 18.4 Å². The van der Waals surface area contributed by atoms with Gasteiger partial charge in [0.1, 0.15) is 0 Å². The molecule has 0 aromatic heterocycles. The number of ether oxygens (including phenoxy) is 1. The Bertz CT molecular complexity index is 461. The van der Waals surface area contributed by atoms with E-state index in [4.69, 9.17) is 4.74 Å². The van der Waals surface area contributed by atoms with Crippen molar-refractivity contribution in [3.05, 3.63) is 35.9 Å². The molecule has 0 bridgehead atoms. The molecule has 1 aliphatic heterocycles. The Kier molecular flexibility index (Phi) is 5.20. The highest BCUT2D eigenvalue weighted by molar-refractivity contribution is 7.98. The molecule has 1 aromatic carbocycles. The van der Waals surface area contributed by atoms with E-state index in [2.05, 4.69) is 24.3 Å². The van der Waals surface area contributed by atoms with E-state index < -0.39 is 0 Å². The lowest BCUT2D eigenvalue weighted by Crippen LogP contribution is -2.46. The van der Waals surface area contributed by atoms with Gasteiger partial charge in [-0.25, -0.2) is 0 Å². The molecule has 1 unspecified atom stereocenters. The highest BCUT2D eigenvalue weighted by atomic mass is 32.2. The third-order valence-electron chi connectivity index (χ3n) is 4.17. The zero-order valence-electron chi connectivity index (χ0n) is 12.4. The van der Waals surface area contributed by atoms with Crippen LogP contribution in [0.5, 0.6) is 0 Å². The molecular formula is C17H23NO2S. The molecule has 1 saturated carbocycles. The van der Waals surface area contributed by atoms with E-state index in [1.807, 2.05) is 22.7 Å². The van der Waals surface area contributed by atoms with Crippen LogP contribution in [0, 0.1) is 5.92 Å². The number of morpholine rings is 1. The summed E-state index contributed by atoms with van der Waals surface area (Å²) in [7, 11) is 0. The number of amides is 1. The Balaban J connectivity index is 1.35. The summed E-state index contributed by atoms with van der Waals surface area (Å²) in [5, 5.41) is 0. The molecule has 2 fully saturated rings. The molecule has 2 aliphatic rings. The second-order valence-electron chi connectivity index (χ2n) is 5.87. The van der Waals surface area contributed by atoms with Crippen molar-refractivity contribution in [1.82, 2.24) is 4.90 Å². The van der Waals surface area contributed by atoms with Gasteiger partial charge in [0.25, 0.3) is 0 Å². The Hall–Kier alpha value is -1.00. The van der Waals surface area contributed by atoms with Gasteiger partial charge in [-0.15, -0.1) is 0 Å². The van der Waals surface area contributed by atoms with E-state index >= 15 is 0 Å². The van der Waals surface area contributed by atoms with Gasteiger partial charge in [0.2, 0.25) is 5.91 Å². The van der Waals surface area contributed by atoms with Crippen molar-refractivity contribution in [2.75, 3.05) is 25.4 Å². The summed E-state index contributed by atoms with van der Waals surface area (Å²) in [6.45, 7) is 2.29. The minimum absolute atomic E-state index is 0.296. The molecule has 1 aromatic rings. The molecule has 0 radical (unpaired) electrons. The zero-order chi connectivity index (χ0) is 14.5. The first kappa shape index (κ1) is 14.9. The van der Waals surface area contributed by atoms with Crippen molar-refractivity contribution in [2.45, 2.75) is 31.1 Å². The fourth-order valence-electron chi connectivity index (χ4n) is 2.74. The van der Waals surface area contributed by atoms with Gasteiger partial charge in [0.05, 0.1) is 12.7 Å². The number of carbonyl (C=O) groups is 1. The van der Waals surface area contributed by atoms with Gasteiger partial charge < -0.3 is 9.64 Å². The molecule has 4 heteroatoms. The molecule has 3 rings (SSSR count). The molecule has 1 atom stereocenters. The fourth-order valence-corrected chi connectivity index (χ4v) is 3.63. The quantitative estimate of drug-likeness (QED) is 0.757. The molecule has 3 nitrogen and oxygen atoms in total. The van der Waals surface area contributed by atoms with E-state index in [0.717, 1.165) is 24.6 Å². The lowest BCUT2D eigenvalue weighted by Gasteiger charge is -2.33. The van der Waals surface area contributed by atoms with Crippen molar-refractivity contribution < 1.29 is 9.53 Å². The van der Waals surface area contributed by atoms with E-state index in [-0.39, 0.29) is 0 Å². The summed E-state index contributed by atoms with van der Waals surface area (Å²) in [6.07, 6.45) is 3.51. The van der Waals surface area contributed by atoms with E-state index in [9.17, 15) is 4.79 Å². The molecule has 0 N–H and O–H groups in total. The molecular weight excluding hydrogens is 282 g/mol. The van der Waals surface area contributed by atoms with Gasteiger partial charge in [0, 0.05) is 31.0 Å². The number of benzene rings is 1. The first-order valence-corrected chi connectivity index (χ1v) is 8.99. The fraction of sp³-hybridized carbons (Fsp3) is 0.588. The predicted octanol–water partition coefficient (Wildman–Crippen LogP) is 2.95. The highest BCUT2D eigenvalue weighted by Gasteiger charge is 2.36. The van der Waals surface area contributed by atoms with Crippen molar-refractivity contribution in [3.8, 4) is 0 Å². The number of rotatable bonds is 6. The summed E-state index contributed by atoms with van der Waals surface area (Å²) < 4.78 is 5.77. The van der Waals surface area contributed by atoms with Crippen LogP contribution >= 0.6 is 11.8 Å². The largest absolute Gasteiger partial charge is 0.374 e. The average Bonchev–Trinajstić information content (AvgIpc) is 3.37. The first-order chi connectivity index (χ1) is 10.3. The van der Waals surface area contributed by atoms with Gasteiger partial charge in [-0.2, -0.15) is 11.8 Å². The Morgan fingerprint density at radius 1 is 1.29 bits per heavy atom. The maximum Gasteiger partial charge on any atom is 0.223 e. The number of hydrogen-bond acceptors (Lipinski definition) is 3. The zero-order valence-corrected chi connectivity index (χ0v) is 13.2. The van der Waals surface area contributed by atoms with Gasteiger partial charge >= 0.3 is 0 Å². The molecule has 1 heterocycles. The van der Waals surface area contributed by atoms with Crippen molar-refractivity contribution in [2.24, 2.45) is 5.92 Å². The minimum atomic E-state index is 0.296. The standard InChI is InChI=1S/C17H23NO2S/c19-17(8-11-21-13-14-4-2-1-3-5-14)18-9-10-20-16(12-18)15-6-7-15/h1-5,15-16H,6-13H2. The molecule has 1 amide bonds. The third-order valence-corrected chi connectivity index (χ3v) is 5.20. The van der Waals surface area contributed by atoms with Crippen LogP contribution in [0.2, 0.25) is 0 Å². The lowest BCUT2D eigenvalue weighted by atomic mass is 10.2. The van der Waals surface area contributed by atoms with Crippen LogP contribution in [-0.4, -0.2) is 42.4 Å². The maximum absolute atomic E-state index is 12.3. The van der Waals surface area contributed by atoms with Crippen LogP contribution in [0.15, 0.2) is 30.3 Å². The van der Waals surface area contributed by atoms with Gasteiger partial charge in [-0.3, -0.25) is 4.79 Å². The number of hydrogen-bond donors (Lipinski definition) is 0. The summed E-state index contributed by atoms with van der Waals surface area (Å²) in [6, 6.07) is 10.4. The third kappa shape index (κ3) is 4.48. The van der Waals surface area contributed by atoms with Crippen LogP contribution in [0.1, 0.15) is 24.8 Å². The van der Waals surface area contributed by atoms with Crippen LogP contribution in [0.3, 0.4) is 0 Å². The maximum atomic E-state index is 12.3. The Labute approximate surface area is 131 Å². The summed E-state index contributed by atoms with van der Waals surface area (Å²) >= 11 is 1.84. The SMILES string of the molecule is O=C(CCSCc1ccccc1)N1CCOC(C2CC2)C1. The molecule has 1 aliphatic carbocycles. The average molecular weight is 305 g/mol. The number of carbonyl (C=O) groups excluding carboxylic acids is 1. The van der Waals surface area contributed by atoms with Gasteiger partial charge in [-0.05, 0) is 24.3 Å². The summed E-state index contributed by atoms with van der Waals surface area (Å²) in [5.74, 6) is 2.90. The lowest BCUT2D eigenvalue weighted by molar-refractivity contribution is -0.139. The smallest absolute Gasteiger partial charge is 0.223 e. The van der Waals surface area contributed by atoms with Crippen LogP contribution in [-0.2, 0) is 15.3 Å². The topological polar surface area (TPSA) is 29.5 Å². The van der Waals surface area contributed by atoms with E-state index in [0.29, 0.717) is 31.0 Å². The molecule has 114 valence electrons. The van der Waals surface area contributed by atoms with Crippen molar-refractivity contribution in [1.29, 1.82) is 0 Å². The van der Waals surface area contributed by atoms with Gasteiger partial charge in [0.15, 0.2) is 0 Å². The van der Waals surface area contributed by atoms with Crippen molar-refractivity contribution >= 4 is 17.7 Å². The van der Waals surface area contributed by atoms with Crippen LogP contribution in [0.25, 0.3) is 0 Å². The molecule has 0 spiro atoms. The van der Waals surface area contributed by atoms with Gasteiger partial charge in [-0.1, -0.05) is 30.3 Å². The first-order valence-electron chi connectivity index (χ1n) is 7.84. The number of thioether (sulfide) groups is 1. The minimum Gasteiger partial charge on any atom is -0.374 e. The monoisotopic (exact) mass is 305 g/mol. The normalized spacial score (nSPS) is 22.3. The summed E-state index contributed by atoms with van der Waals surface area (Å²) in [5.41, 5.74) is 1.33. The van der Waals surface area contributed by atoms with Crippen LogP contribution < -0.4 is 0 Å². The number of nitrogens with zero attached hydrogens (tertiary/aromatic N) is 1. The highest BCUT2D eigenvalue weighted by Crippen LogP contribution is 2.35.